The molecule has 4 heteroatoms. The maximum Gasteiger partial charge on any atom is 0.0900 e. The van der Waals surface area contributed by atoms with Crippen LogP contribution in [0.4, 0.5) is 0 Å². The van der Waals surface area contributed by atoms with Crippen LogP contribution in [0.25, 0.3) is 0 Å². The van der Waals surface area contributed by atoms with Crippen molar-refractivity contribution >= 4 is 0 Å². The minimum Gasteiger partial charge on any atom is -0.389 e. The average Bonchev–Trinajstić information content (AvgIpc) is 2.88. The summed E-state index contributed by atoms with van der Waals surface area (Å²) in [6.45, 7) is 14.2. The van der Waals surface area contributed by atoms with Crippen molar-refractivity contribution in [2.24, 2.45) is 16.7 Å². The lowest BCUT2D eigenvalue weighted by Crippen LogP contribution is -2.49. The van der Waals surface area contributed by atoms with E-state index >= 15 is 0 Å². The number of morpholine rings is 1. The van der Waals surface area contributed by atoms with Gasteiger partial charge in [-0.2, -0.15) is 0 Å². The van der Waals surface area contributed by atoms with Gasteiger partial charge < -0.3 is 14.6 Å². The van der Waals surface area contributed by atoms with Crippen molar-refractivity contribution < 1.29 is 14.6 Å². The molecule has 1 aliphatic heterocycles. The van der Waals surface area contributed by atoms with E-state index in [1.807, 2.05) is 0 Å². The highest BCUT2D eigenvalue weighted by Crippen LogP contribution is 2.63. The number of rotatable bonds is 5. The Morgan fingerprint density at radius 2 is 1.87 bits per heavy atom. The lowest BCUT2D eigenvalue weighted by molar-refractivity contribution is -0.121. The molecule has 2 aliphatic carbocycles. The zero-order valence-corrected chi connectivity index (χ0v) is 15.5. The van der Waals surface area contributed by atoms with Gasteiger partial charge in [-0.1, -0.05) is 20.8 Å². The van der Waals surface area contributed by atoms with E-state index in [0.717, 1.165) is 19.0 Å². The number of ether oxygens (including phenoxy) is 2. The number of aliphatic hydroxyl groups is 1. The molecule has 0 spiro atoms. The monoisotopic (exact) mass is 325 g/mol. The van der Waals surface area contributed by atoms with E-state index in [0.29, 0.717) is 18.6 Å². The molecule has 0 aromatic heterocycles. The molecule has 3 fully saturated rings. The first kappa shape index (κ1) is 17.7. The van der Waals surface area contributed by atoms with Crippen LogP contribution in [-0.4, -0.2) is 60.7 Å². The number of hydrogen-bond acceptors (Lipinski definition) is 4. The van der Waals surface area contributed by atoms with Crippen LogP contribution in [0.1, 0.15) is 53.9 Å². The highest BCUT2D eigenvalue weighted by Gasteiger charge is 2.60. The Bertz CT molecular complexity index is 412. The first-order valence-corrected chi connectivity index (χ1v) is 9.38. The Hall–Kier alpha value is -0.160. The van der Waals surface area contributed by atoms with Crippen molar-refractivity contribution in [3.8, 4) is 0 Å². The molecule has 6 atom stereocenters. The van der Waals surface area contributed by atoms with Crippen molar-refractivity contribution in [3.05, 3.63) is 0 Å². The fraction of sp³-hybridized carbons (Fsp3) is 1.00. The van der Waals surface area contributed by atoms with Crippen LogP contribution in [0.3, 0.4) is 0 Å². The van der Waals surface area contributed by atoms with Crippen LogP contribution in [0, 0.1) is 16.7 Å². The van der Waals surface area contributed by atoms with Gasteiger partial charge in [-0.3, -0.25) is 4.90 Å². The van der Waals surface area contributed by atoms with Gasteiger partial charge in [0.2, 0.25) is 0 Å². The first-order chi connectivity index (χ1) is 10.7. The second-order valence-corrected chi connectivity index (χ2v) is 9.26. The fourth-order valence-corrected chi connectivity index (χ4v) is 5.66. The molecule has 23 heavy (non-hydrogen) atoms. The van der Waals surface area contributed by atoms with Crippen LogP contribution in [0.15, 0.2) is 0 Å². The van der Waals surface area contributed by atoms with E-state index in [1.54, 1.807) is 0 Å². The van der Waals surface area contributed by atoms with Crippen molar-refractivity contribution in [1.29, 1.82) is 0 Å². The van der Waals surface area contributed by atoms with Gasteiger partial charge in [0, 0.05) is 19.6 Å². The summed E-state index contributed by atoms with van der Waals surface area (Å²) in [7, 11) is 0. The molecule has 134 valence electrons. The number of aliphatic hydroxyl groups excluding tert-OH is 1. The Morgan fingerprint density at radius 3 is 2.43 bits per heavy atom. The molecule has 4 nitrogen and oxygen atoms in total. The molecule has 0 amide bonds. The van der Waals surface area contributed by atoms with Gasteiger partial charge in [-0.05, 0) is 49.9 Å². The number of nitrogens with zero attached hydrogens (tertiary/aromatic N) is 1. The fourth-order valence-electron chi connectivity index (χ4n) is 5.66. The van der Waals surface area contributed by atoms with E-state index in [1.165, 1.54) is 19.3 Å². The van der Waals surface area contributed by atoms with Crippen LogP contribution in [0.2, 0.25) is 0 Å². The molecule has 1 saturated heterocycles. The lowest BCUT2D eigenvalue weighted by atomic mass is 9.70. The first-order valence-electron chi connectivity index (χ1n) is 9.38. The highest BCUT2D eigenvalue weighted by molar-refractivity contribution is 5.09. The second-order valence-electron chi connectivity index (χ2n) is 9.26. The minimum absolute atomic E-state index is 0.245. The molecule has 1 N–H and O–H groups in total. The molecule has 0 aromatic carbocycles. The van der Waals surface area contributed by atoms with Gasteiger partial charge in [0.05, 0.1) is 31.0 Å². The van der Waals surface area contributed by atoms with Gasteiger partial charge in [0.25, 0.3) is 0 Å². The predicted octanol–water partition coefficient (Wildman–Crippen LogP) is 2.69. The number of β-amino-alcohol motifs (C(OH)–C–C–N with tert-alkyl or cyclic N) is 1. The maximum atomic E-state index is 10.5. The Kier molecular flexibility index (Phi) is 4.83. The topological polar surface area (TPSA) is 41.9 Å². The van der Waals surface area contributed by atoms with Crippen molar-refractivity contribution in [2.45, 2.75) is 78.3 Å². The minimum atomic E-state index is -0.411. The summed E-state index contributed by atoms with van der Waals surface area (Å²) in [5.74, 6) is 0.788. The zero-order valence-electron chi connectivity index (χ0n) is 15.5. The van der Waals surface area contributed by atoms with Gasteiger partial charge in [0.15, 0.2) is 0 Å². The Labute approximate surface area is 141 Å². The zero-order chi connectivity index (χ0) is 16.8. The highest BCUT2D eigenvalue weighted by atomic mass is 16.5. The molecule has 3 aliphatic rings. The summed E-state index contributed by atoms with van der Waals surface area (Å²) >= 11 is 0. The molecule has 0 aromatic rings. The maximum absolute atomic E-state index is 10.5. The summed E-state index contributed by atoms with van der Waals surface area (Å²) in [5, 5.41) is 10.5. The summed E-state index contributed by atoms with van der Waals surface area (Å²) in [4.78, 5) is 2.31. The smallest absolute Gasteiger partial charge is 0.0900 e. The predicted molar refractivity (Wildman–Crippen MR) is 91.4 cm³/mol. The van der Waals surface area contributed by atoms with Gasteiger partial charge in [-0.15, -0.1) is 0 Å². The largest absolute Gasteiger partial charge is 0.389 e. The van der Waals surface area contributed by atoms with Crippen molar-refractivity contribution in [2.75, 3.05) is 26.2 Å². The molecule has 0 unspecified atom stereocenters. The third kappa shape index (κ3) is 3.46. The van der Waals surface area contributed by atoms with Crippen molar-refractivity contribution in [1.82, 2.24) is 4.90 Å². The van der Waals surface area contributed by atoms with Crippen LogP contribution < -0.4 is 0 Å². The average molecular weight is 325 g/mol. The normalized spacial score (nSPS) is 44.6. The molecule has 1 heterocycles. The van der Waals surface area contributed by atoms with Crippen LogP contribution >= 0.6 is 0 Å². The Balaban J connectivity index is 1.50. The molecular formula is C19H35NO3. The SMILES string of the molecule is C[C@@H]1CN(C[C@H](O)CO[C@H]2C(C)(C)[C@H]3CC[C@@]2(C)C3)C[C@@H](C)O1. The molecule has 3 rings (SSSR count). The Morgan fingerprint density at radius 1 is 1.22 bits per heavy atom. The summed E-state index contributed by atoms with van der Waals surface area (Å²) in [6, 6.07) is 0. The molecular weight excluding hydrogens is 290 g/mol. The quantitative estimate of drug-likeness (QED) is 0.844. The van der Waals surface area contributed by atoms with E-state index in [2.05, 4.69) is 39.5 Å². The standard InChI is InChI=1S/C19H35NO3/c1-13-9-20(10-14(2)23-13)11-16(21)12-22-17-18(3,4)15-6-7-19(17,5)8-15/h13-17,21H,6-12H2,1-5H3/t13-,14-,15+,16+,17+,19+/m1/s1. The summed E-state index contributed by atoms with van der Waals surface area (Å²) in [6.07, 6.45) is 4.28. The summed E-state index contributed by atoms with van der Waals surface area (Å²) in [5.41, 5.74) is 0.560. The van der Waals surface area contributed by atoms with Crippen molar-refractivity contribution in [3.63, 3.8) is 0 Å². The third-order valence-corrected chi connectivity index (χ3v) is 6.56. The van der Waals surface area contributed by atoms with E-state index in [-0.39, 0.29) is 23.7 Å². The van der Waals surface area contributed by atoms with E-state index in [9.17, 15) is 5.11 Å². The summed E-state index contributed by atoms with van der Waals surface area (Å²) < 4.78 is 12.1. The lowest BCUT2D eigenvalue weighted by Gasteiger charge is -2.43. The van der Waals surface area contributed by atoms with Gasteiger partial charge >= 0.3 is 0 Å². The molecule has 0 radical (unpaired) electrons. The third-order valence-electron chi connectivity index (χ3n) is 6.56. The second kappa shape index (κ2) is 6.29. The molecule has 2 bridgehead atoms. The molecule has 2 saturated carbocycles. The van der Waals surface area contributed by atoms with E-state index < -0.39 is 6.10 Å². The van der Waals surface area contributed by atoms with Gasteiger partial charge in [0.1, 0.15) is 0 Å². The van der Waals surface area contributed by atoms with Gasteiger partial charge in [-0.25, -0.2) is 0 Å². The van der Waals surface area contributed by atoms with Crippen LogP contribution in [0.5, 0.6) is 0 Å². The number of hydrogen-bond donors (Lipinski definition) is 1. The van der Waals surface area contributed by atoms with E-state index in [4.69, 9.17) is 9.47 Å². The van der Waals surface area contributed by atoms with Crippen LogP contribution in [-0.2, 0) is 9.47 Å². The number of fused-ring (bicyclic) bond motifs is 2.